The number of hydrogen-bond donors (Lipinski definition) is 2. The molecule has 78 valence electrons. The van der Waals surface area contributed by atoms with Crippen LogP contribution in [0.1, 0.15) is 11.3 Å². The van der Waals surface area contributed by atoms with Crippen molar-refractivity contribution in [1.82, 2.24) is 14.9 Å². The van der Waals surface area contributed by atoms with Crippen molar-refractivity contribution in [2.24, 2.45) is 0 Å². The molecule has 2 N–H and O–H groups in total. The van der Waals surface area contributed by atoms with Crippen LogP contribution in [0.3, 0.4) is 0 Å². The summed E-state index contributed by atoms with van der Waals surface area (Å²) in [5.41, 5.74) is 1.34. The summed E-state index contributed by atoms with van der Waals surface area (Å²) in [6, 6.07) is 0. The Bertz CT molecular complexity index is 472. The van der Waals surface area contributed by atoms with E-state index >= 15 is 0 Å². The molecule has 0 saturated carbocycles. The molecule has 1 aliphatic rings. The number of nitriles is 1. The minimum atomic E-state index is -0.147. The van der Waals surface area contributed by atoms with Crippen LogP contribution >= 0.6 is 0 Å². The Morgan fingerprint density at radius 1 is 1.67 bits per heavy atom. The summed E-state index contributed by atoms with van der Waals surface area (Å²) >= 11 is 0. The highest BCUT2D eigenvalue weighted by molar-refractivity contribution is 5.34. The summed E-state index contributed by atoms with van der Waals surface area (Å²) in [5.74, 6) is 0.219. The number of nitrogens with zero attached hydrogens (tertiary/aromatic N) is 3. The van der Waals surface area contributed by atoms with E-state index in [1.165, 1.54) is 0 Å². The van der Waals surface area contributed by atoms with Crippen molar-refractivity contribution in [3.63, 3.8) is 0 Å². The lowest BCUT2D eigenvalue weighted by molar-refractivity contribution is 0.306. The van der Waals surface area contributed by atoms with Crippen molar-refractivity contribution in [3.8, 4) is 6.19 Å². The fourth-order valence-corrected chi connectivity index (χ4v) is 1.68. The molecule has 0 bridgehead atoms. The zero-order chi connectivity index (χ0) is 10.8. The lowest BCUT2D eigenvalue weighted by atomic mass is 10.1. The molecule has 0 unspecified atom stereocenters. The third kappa shape index (κ3) is 1.82. The normalized spacial score (nSPS) is 15.5. The Morgan fingerprint density at radius 2 is 2.47 bits per heavy atom. The SMILES string of the molecule is CN1CCc2c(nc(NC#N)[nH]c2=O)C1. The van der Waals surface area contributed by atoms with Gasteiger partial charge in [0, 0.05) is 18.7 Å². The lowest BCUT2D eigenvalue weighted by Gasteiger charge is -2.23. The maximum Gasteiger partial charge on any atom is 0.255 e. The van der Waals surface area contributed by atoms with E-state index < -0.39 is 0 Å². The van der Waals surface area contributed by atoms with Gasteiger partial charge in [0.15, 0.2) is 6.19 Å². The number of rotatable bonds is 1. The van der Waals surface area contributed by atoms with Gasteiger partial charge in [0.1, 0.15) is 0 Å². The monoisotopic (exact) mass is 205 g/mol. The highest BCUT2D eigenvalue weighted by atomic mass is 16.1. The molecule has 15 heavy (non-hydrogen) atoms. The molecule has 6 nitrogen and oxygen atoms in total. The number of H-pyrrole nitrogens is 1. The molecule has 2 rings (SSSR count). The molecule has 0 fully saturated rings. The second kappa shape index (κ2) is 3.71. The first-order chi connectivity index (χ1) is 7.20. The number of aromatic nitrogens is 2. The smallest absolute Gasteiger partial charge is 0.255 e. The molecule has 1 aromatic heterocycles. The number of fused-ring (bicyclic) bond motifs is 1. The molecular formula is C9H11N5O. The van der Waals surface area contributed by atoms with Crippen molar-refractivity contribution >= 4 is 5.95 Å². The van der Waals surface area contributed by atoms with Crippen LogP contribution in [-0.2, 0) is 13.0 Å². The van der Waals surface area contributed by atoms with E-state index in [-0.39, 0.29) is 11.5 Å². The Kier molecular flexibility index (Phi) is 2.39. The maximum atomic E-state index is 11.6. The minimum absolute atomic E-state index is 0.147. The van der Waals surface area contributed by atoms with Crippen LogP contribution in [-0.4, -0.2) is 28.5 Å². The molecule has 0 spiro atoms. The van der Waals surface area contributed by atoms with Gasteiger partial charge in [-0.15, -0.1) is 0 Å². The fraction of sp³-hybridized carbons (Fsp3) is 0.444. The summed E-state index contributed by atoms with van der Waals surface area (Å²) in [4.78, 5) is 20.4. The van der Waals surface area contributed by atoms with E-state index in [1.807, 2.05) is 7.05 Å². The van der Waals surface area contributed by atoms with Gasteiger partial charge < -0.3 is 4.90 Å². The Hall–Kier alpha value is -1.87. The van der Waals surface area contributed by atoms with E-state index in [9.17, 15) is 4.79 Å². The predicted octanol–water partition coefficient (Wildman–Crippen LogP) is -0.349. The molecule has 2 heterocycles. The second-order valence-electron chi connectivity index (χ2n) is 3.56. The summed E-state index contributed by atoms with van der Waals surface area (Å²) in [6.45, 7) is 1.52. The van der Waals surface area contributed by atoms with Crippen molar-refractivity contribution in [1.29, 1.82) is 5.26 Å². The van der Waals surface area contributed by atoms with Gasteiger partial charge in [0.05, 0.1) is 5.69 Å². The average molecular weight is 205 g/mol. The topological polar surface area (TPSA) is 84.8 Å². The summed E-state index contributed by atoms with van der Waals surface area (Å²) < 4.78 is 0. The number of aromatic amines is 1. The van der Waals surface area contributed by atoms with E-state index in [1.54, 1.807) is 6.19 Å². The number of nitrogens with one attached hydrogen (secondary N) is 2. The van der Waals surface area contributed by atoms with Crippen LogP contribution in [0.2, 0.25) is 0 Å². The first-order valence-electron chi connectivity index (χ1n) is 4.66. The van der Waals surface area contributed by atoms with E-state index in [0.717, 1.165) is 17.8 Å². The van der Waals surface area contributed by atoms with Crippen LogP contribution in [0.4, 0.5) is 5.95 Å². The molecular weight excluding hydrogens is 194 g/mol. The van der Waals surface area contributed by atoms with E-state index in [0.29, 0.717) is 13.0 Å². The molecule has 6 heteroatoms. The predicted molar refractivity (Wildman–Crippen MR) is 54.1 cm³/mol. The fourth-order valence-electron chi connectivity index (χ4n) is 1.68. The highest BCUT2D eigenvalue weighted by Crippen LogP contribution is 2.12. The Morgan fingerprint density at radius 3 is 3.20 bits per heavy atom. The molecule has 0 aromatic carbocycles. The molecule has 0 radical (unpaired) electrons. The maximum absolute atomic E-state index is 11.6. The quantitative estimate of drug-likeness (QED) is 0.483. The van der Waals surface area contributed by atoms with Crippen molar-refractivity contribution in [2.75, 3.05) is 18.9 Å². The Balaban J connectivity index is 2.45. The third-order valence-electron chi connectivity index (χ3n) is 2.44. The van der Waals surface area contributed by atoms with Gasteiger partial charge in [-0.05, 0) is 13.5 Å². The standard InChI is InChI=1S/C9H11N5O/c1-14-3-2-6-7(4-14)12-9(11-5-10)13-8(6)15/h2-4H2,1H3,(H2,11,12,13,15). The summed E-state index contributed by atoms with van der Waals surface area (Å²) in [6.07, 6.45) is 2.44. The van der Waals surface area contributed by atoms with Crippen molar-refractivity contribution < 1.29 is 0 Å². The largest absolute Gasteiger partial charge is 0.300 e. The lowest BCUT2D eigenvalue weighted by Crippen LogP contribution is -2.32. The van der Waals surface area contributed by atoms with Gasteiger partial charge in [0.2, 0.25) is 5.95 Å². The average Bonchev–Trinajstić information content (AvgIpc) is 2.17. The van der Waals surface area contributed by atoms with Crippen LogP contribution in [0.25, 0.3) is 0 Å². The molecule has 0 amide bonds. The second-order valence-corrected chi connectivity index (χ2v) is 3.56. The third-order valence-corrected chi connectivity index (χ3v) is 2.44. The van der Waals surface area contributed by atoms with Gasteiger partial charge in [0.25, 0.3) is 5.56 Å². The van der Waals surface area contributed by atoms with Gasteiger partial charge in [-0.2, -0.15) is 5.26 Å². The Labute approximate surface area is 86.6 Å². The van der Waals surface area contributed by atoms with Gasteiger partial charge in [-0.3, -0.25) is 15.1 Å². The van der Waals surface area contributed by atoms with Crippen molar-refractivity contribution in [2.45, 2.75) is 13.0 Å². The molecule has 0 atom stereocenters. The van der Waals surface area contributed by atoms with Crippen molar-refractivity contribution in [3.05, 3.63) is 21.6 Å². The van der Waals surface area contributed by atoms with Crippen LogP contribution < -0.4 is 10.9 Å². The van der Waals surface area contributed by atoms with Gasteiger partial charge in [-0.1, -0.05) is 0 Å². The number of anilines is 1. The molecule has 1 aromatic rings. The zero-order valence-corrected chi connectivity index (χ0v) is 8.37. The first-order valence-corrected chi connectivity index (χ1v) is 4.66. The van der Waals surface area contributed by atoms with Gasteiger partial charge >= 0.3 is 0 Å². The molecule has 0 saturated heterocycles. The van der Waals surface area contributed by atoms with E-state index in [2.05, 4.69) is 20.2 Å². The molecule has 0 aliphatic carbocycles. The molecule has 1 aliphatic heterocycles. The zero-order valence-electron chi connectivity index (χ0n) is 8.37. The van der Waals surface area contributed by atoms with Crippen LogP contribution in [0.5, 0.6) is 0 Å². The first kappa shape index (κ1) is 9.68. The number of likely N-dealkylation sites (N-methyl/N-ethyl adjacent to an activating group) is 1. The summed E-state index contributed by atoms with van der Waals surface area (Å²) in [7, 11) is 1.98. The number of hydrogen-bond acceptors (Lipinski definition) is 5. The summed E-state index contributed by atoms with van der Waals surface area (Å²) in [5, 5.41) is 10.8. The van der Waals surface area contributed by atoms with Crippen LogP contribution in [0, 0.1) is 11.5 Å². The minimum Gasteiger partial charge on any atom is -0.300 e. The van der Waals surface area contributed by atoms with E-state index in [4.69, 9.17) is 5.26 Å². The van der Waals surface area contributed by atoms with Gasteiger partial charge in [-0.25, -0.2) is 4.98 Å². The highest BCUT2D eigenvalue weighted by Gasteiger charge is 2.18. The van der Waals surface area contributed by atoms with Crippen LogP contribution in [0.15, 0.2) is 4.79 Å².